The topological polar surface area (TPSA) is 16.1 Å². The molecule has 0 aliphatic heterocycles. The van der Waals surface area contributed by atoms with Crippen LogP contribution in [0.2, 0.25) is 0 Å². The second-order valence-corrected chi connectivity index (χ2v) is 4.87. The molecule has 0 bridgehead atoms. The van der Waals surface area contributed by atoms with Crippen LogP contribution in [0.1, 0.15) is 26.2 Å². The number of aromatic nitrogens is 1. The van der Waals surface area contributed by atoms with Gasteiger partial charge in [0, 0.05) is 24.7 Å². The van der Waals surface area contributed by atoms with Crippen LogP contribution >= 0.6 is 11.3 Å². The SMILES string of the molecule is CC1CCC(N(C)c2nccs2)C1. The van der Waals surface area contributed by atoms with Gasteiger partial charge in [-0.05, 0) is 25.2 Å². The van der Waals surface area contributed by atoms with Gasteiger partial charge in [-0.1, -0.05) is 6.92 Å². The number of anilines is 1. The van der Waals surface area contributed by atoms with Crippen LogP contribution < -0.4 is 4.90 Å². The lowest BCUT2D eigenvalue weighted by Crippen LogP contribution is -2.28. The second-order valence-electron chi connectivity index (χ2n) is 4.00. The number of rotatable bonds is 2. The number of nitrogens with zero attached hydrogens (tertiary/aromatic N) is 2. The van der Waals surface area contributed by atoms with E-state index < -0.39 is 0 Å². The van der Waals surface area contributed by atoms with Gasteiger partial charge in [-0.25, -0.2) is 4.98 Å². The lowest BCUT2D eigenvalue weighted by molar-refractivity contribution is 0.581. The Morgan fingerprint density at radius 3 is 2.92 bits per heavy atom. The highest BCUT2D eigenvalue weighted by molar-refractivity contribution is 7.13. The van der Waals surface area contributed by atoms with Crippen LogP contribution in [-0.2, 0) is 0 Å². The standard InChI is InChI=1S/C10H16N2S/c1-8-3-4-9(7-8)12(2)10-11-5-6-13-10/h5-6,8-9H,3-4,7H2,1-2H3. The van der Waals surface area contributed by atoms with Crippen LogP contribution in [0.4, 0.5) is 5.13 Å². The summed E-state index contributed by atoms with van der Waals surface area (Å²) in [7, 11) is 2.17. The van der Waals surface area contributed by atoms with Crippen molar-refractivity contribution in [1.29, 1.82) is 0 Å². The van der Waals surface area contributed by atoms with E-state index in [0.29, 0.717) is 0 Å². The van der Waals surface area contributed by atoms with E-state index >= 15 is 0 Å². The van der Waals surface area contributed by atoms with Crippen molar-refractivity contribution in [3.05, 3.63) is 11.6 Å². The molecule has 3 heteroatoms. The van der Waals surface area contributed by atoms with Gasteiger partial charge in [-0.15, -0.1) is 11.3 Å². The molecule has 1 aliphatic carbocycles. The number of hydrogen-bond donors (Lipinski definition) is 0. The van der Waals surface area contributed by atoms with Gasteiger partial charge in [0.15, 0.2) is 5.13 Å². The highest BCUT2D eigenvalue weighted by Gasteiger charge is 2.25. The molecular formula is C10H16N2S. The molecule has 2 unspecified atom stereocenters. The summed E-state index contributed by atoms with van der Waals surface area (Å²) in [6, 6.07) is 0.723. The highest BCUT2D eigenvalue weighted by atomic mass is 32.1. The summed E-state index contributed by atoms with van der Waals surface area (Å²) < 4.78 is 0. The van der Waals surface area contributed by atoms with Gasteiger partial charge >= 0.3 is 0 Å². The Labute approximate surface area is 83.6 Å². The van der Waals surface area contributed by atoms with E-state index in [1.807, 2.05) is 11.6 Å². The molecule has 1 fully saturated rings. The maximum Gasteiger partial charge on any atom is 0.185 e. The molecule has 1 heterocycles. The van der Waals surface area contributed by atoms with Crippen LogP contribution in [0.5, 0.6) is 0 Å². The van der Waals surface area contributed by atoms with Crippen LogP contribution in [-0.4, -0.2) is 18.1 Å². The van der Waals surface area contributed by atoms with Crippen LogP contribution in [0.3, 0.4) is 0 Å². The third-order valence-corrected chi connectivity index (χ3v) is 3.80. The average molecular weight is 196 g/mol. The monoisotopic (exact) mass is 196 g/mol. The minimum atomic E-state index is 0.723. The van der Waals surface area contributed by atoms with E-state index in [4.69, 9.17) is 0 Å². The van der Waals surface area contributed by atoms with Gasteiger partial charge in [-0.2, -0.15) is 0 Å². The molecular weight excluding hydrogens is 180 g/mol. The predicted octanol–water partition coefficient (Wildman–Crippen LogP) is 2.77. The Kier molecular flexibility index (Phi) is 2.54. The van der Waals surface area contributed by atoms with Crippen molar-refractivity contribution in [2.24, 2.45) is 5.92 Å². The fourth-order valence-corrected chi connectivity index (χ4v) is 2.76. The van der Waals surface area contributed by atoms with E-state index in [2.05, 4.69) is 23.9 Å². The maximum absolute atomic E-state index is 4.33. The van der Waals surface area contributed by atoms with Gasteiger partial charge in [0.2, 0.25) is 0 Å². The van der Waals surface area contributed by atoms with Crippen molar-refractivity contribution < 1.29 is 0 Å². The van der Waals surface area contributed by atoms with Crippen molar-refractivity contribution in [2.45, 2.75) is 32.2 Å². The Hall–Kier alpha value is -0.570. The lowest BCUT2D eigenvalue weighted by atomic mass is 10.1. The van der Waals surface area contributed by atoms with E-state index in [9.17, 15) is 0 Å². The zero-order valence-corrected chi connectivity index (χ0v) is 9.05. The minimum absolute atomic E-state index is 0.723. The minimum Gasteiger partial charge on any atom is -0.348 e. The van der Waals surface area contributed by atoms with Gasteiger partial charge in [0.25, 0.3) is 0 Å². The van der Waals surface area contributed by atoms with Crippen molar-refractivity contribution in [2.75, 3.05) is 11.9 Å². The van der Waals surface area contributed by atoms with E-state index in [0.717, 1.165) is 12.0 Å². The first-order valence-corrected chi connectivity index (χ1v) is 5.77. The Balaban J connectivity index is 2.02. The van der Waals surface area contributed by atoms with Crippen LogP contribution in [0, 0.1) is 5.92 Å². The third-order valence-electron chi connectivity index (χ3n) is 2.94. The van der Waals surface area contributed by atoms with Crippen LogP contribution in [0.25, 0.3) is 0 Å². The summed E-state index contributed by atoms with van der Waals surface area (Å²) in [5.41, 5.74) is 0. The average Bonchev–Trinajstić information content (AvgIpc) is 2.72. The molecule has 1 aromatic heterocycles. The van der Waals surface area contributed by atoms with Crippen LogP contribution in [0.15, 0.2) is 11.6 Å². The van der Waals surface area contributed by atoms with Gasteiger partial charge in [0.1, 0.15) is 0 Å². The summed E-state index contributed by atoms with van der Waals surface area (Å²) >= 11 is 1.73. The van der Waals surface area contributed by atoms with E-state index in [1.54, 1.807) is 11.3 Å². The van der Waals surface area contributed by atoms with Crippen molar-refractivity contribution >= 4 is 16.5 Å². The summed E-state index contributed by atoms with van der Waals surface area (Å²) in [5.74, 6) is 0.896. The molecule has 1 aromatic rings. The molecule has 72 valence electrons. The molecule has 0 aromatic carbocycles. The summed E-state index contributed by atoms with van der Waals surface area (Å²) in [6.07, 6.45) is 5.92. The van der Waals surface area contributed by atoms with Crippen molar-refractivity contribution in [1.82, 2.24) is 4.98 Å². The summed E-state index contributed by atoms with van der Waals surface area (Å²) in [6.45, 7) is 2.34. The fourth-order valence-electron chi connectivity index (χ4n) is 2.08. The summed E-state index contributed by atoms with van der Waals surface area (Å²) in [5, 5.41) is 3.21. The fraction of sp³-hybridized carbons (Fsp3) is 0.700. The van der Waals surface area contributed by atoms with Gasteiger partial charge in [0.05, 0.1) is 0 Å². The molecule has 0 N–H and O–H groups in total. The maximum atomic E-state index is 4.33. The first-order valence-electron chi connectivity index (χ1n) is 4.89. The Bertz CT molecular complexity index is 258. The summed E-state index contributed by atoms with van der Waals surface area (Å²) in [4.78, 5) is 6.67. The predicted molar refractivity (Wildman–Crippen MR) is 57.3 cm³/mol. The highest BCUT2D eigenvalue weighted by Crippen LogP contribution is 2.31. The van der Waals surface area contributed by atoms with Gasteiger partial charge < -0.3 is 4.90 Å². The van der Waals surface area contributed by atoms with Crippen molar-refractivity contribution in [3.8, 4) is 0 Å². The van der Waals surface area contributed by atoms with Gasteiger partial charge in [-0.3, -0.25) is 0 Å². The molecule has 0 saturated heterocycles. The zero-order chi connectivity index (χ0) is 9.26. The van der Waals surface area contributed by atoms with Crippen molar-refractivity contribution in [3.63, 3.8) is 0 Å². The molecule has 0 amide bonds. The molecule has 1 saturated carbocycles. The molecule has 1 aliphatic rings. The molecule has 0 spiro atoms. The smallest absolute Gasteiger partial charge is 0.185 e. The molecule has 2 atom stereocenters. The van der Waals surface area contributed by atoms with E-state index in [-0.39, 0.29) is 0 Å². The normalized spacial score (nSPS) is 27.8. The second kappa shape index (κ2) is 3.66. The molecule has 2 nitrogen and oxygen atoms in total. The zero-order valence-electron chi connectivity index (χ0n) is 8.23. The Morgan fingerprint density at radius 1 is 1.54 bits per heavy atom. The molecule has 2 rings (SSSR count). The largest absolute Gasteiger partial charge is 0.348 e. The van der Waals surface area contributed by atoms with E-state index in [1.165, 1.54) is 24.4 Å². The quantitative estimate of drug-likeness (QED) is 0.723. The number of thiazole rings is 1. The lowest BCUT2D eigenvalue weighted by Gasteiger charge is -2.23. The Morgan fingerprint density at radius 2 is 2.38 bits per heavy atom. The first kappa shape index (κ1) is 9.00. The first-order chi connectivity index (χ1) is 6.27. The number of hydrogen-bond acceptors (Lipinski definition) is 3. The third kappa shape index (κ3) is 1.85. The molecule has 13 heavy (non-hydrogen) atoms. The molecule has 0 radical (unpaired) electrons.